The predicted molar refractivity (Wildman–Crippen MR) is 137 cm³/mol. The molecule has 2 aliphatic rings. The lowest BCUT2D eigenvalue weighted by atomic mass is 10.1. The van der Waals surface area contributed by atoms with Gasteiger partial charge in [0.1, 0.15) is 6.54 Å². The number of rotatable bonds is 7. The fourth-order valence-electron chi connectivity index (χ4n) is 4.31. The summed E-state index contributed by atoms with van der Waals surface area (Å²) >= 11 is 6.86. The van der Waals surface area contributed by atoms with E-state index in [4.69, 9.17) is 16.3 Å². The van der Waals surface area contributed by atoms with Crippen LogP contribution in [0.1, 0.15) is 24.0 Å². The molecule has 2 saturated heterocycles. The summed E-state index contributed by atoms with van der Waals surface area (Å²) in [6.45, 7) is 1.59. The van der Waals surface area contributed by atoms with Crippen LogP contribution in [-0.2, 0) is 27.4 Å². The van der Waals surface area contributed by atoms with Gasteiger partial charge >= 0.3 is 0 Å². The van der Waals surface area contributed by atoms with Crippen molar-refractivity contribution in [3.63, 3.8) is 0 Å². The SMILES string of the molecule is O=C(Cn1cc(/C=C2\SC(=O)N(Cc3ccc(Cl)cc3)C2=O)c2ccccc21)NC[C@@H]1CCCO1. The van der Waals surface area contributed by atoms with Crippen molar-refractivity contribution in [2.45, 2.75) is 32.0 Å². The van der Waals surface area contributed by atoms with E-state index >= 15 is 0 Å². The molecule has 0 bridgehead atoms. The van der Waals surface area contributed by atoms with Crippen LogP contribution >= 0.6 is 23.4 Å². The number of halogens is 1. The van der Waals surface area contributed by atoms with Crippen LogP contribution in [0.4, 0.5) is 4.79 Å². The van der Waals surface area contributed by atoms with Crippen LogP contribution in [0.5, 0.6) is 0 Å². The number of thioether (sulfide) groups is 1. The fraction of sp³-hybridized carbons (Fsp3) is 0.269. The number of carbonyl (C=O) groups excluding carboxylic acids is 3. The highest BCUT2D eigenvalue weighted by atomic mass is 35.5. The number of hydrogen-bond acceptors (Lipinski definition) is 5. The number of carbonyl (C=O) groups is 3. The quantitative estimate of drug-likeness (QED) is 0.461. The summed E-state index contributed by atoms with van der Waals surface area (Å²) < 4.78 is 7.44. The Morgan fingerprint density at radius 1 is 1.17 bits per heavy atom. The number of nitrogens with zero attached hydrogens (tertiary/aromatic N) is 2. The number of nitrogens with one attached hydrogen (secondary N) is 1. The molecule has 180 valence electrons. The number of ether oxygens (including phenoxy) is 1. The summed E-state index contributed by atoms with van der Waals surface area (Å²) in [5.41, 5.74) is 2.49. The molecule has 0 radical (unpaired) electrons. The maximum atomic E-state index is 13.0. The highest BCUT2D eigenvalue weighted by Gasteiger charge is 2.35. The molecule has 1 aromatic heterocycles. The lowest BCUT2D eigenvalue weighted by Crippen LogP contribution is -2.34. The van der Waals surface area contributed by atoms with Gasteiger partial charge in [-0.25, -0.2) is 0 Å². The van der Waals surface area contributed by atoms with E-state index < -0.39 is 0 Å². The number of benzene rings is 2. The van der Waals surface area contributed by atoms with E-state index in [0.29, 0.717) is 16.5 Å². The van der Waals surface area contributed by atoms with E-state index in [0.717, 1.165) is 53.2 Å². The van der Waals surface area contributed by atoms with Gasteiger partial charge in [-0.1, -0.05) is 41.9 Å². The Morgan fingerprint density at radius 2 is 1.97 bits per heavy atom. The van der Waals surface area contributed by atoms with Crippen LogP contribution in [0.3, 0.4) is 0 Å². The molecule has 1 atom stereocenters. The third-order valence-electron chi connectivity index (χ3n) is 6.10. The fourth-order valence-corrected chi connectivity index (χ4v) is 5.27. The topological polar surface area (TPSA) is 80.6 Å². The van der Waals surface area contributed by atoms with Crippen molar-refractivity contribution in [2.24, 2.45) is 0 Å². The Labute approximate surface area is 212 Å². The van der Waals surface area contributed by atoms with Gasteiger partial charge in [0.2, 0.25) is 5.91 Å². The first-order chi connectivity index (χ1) is 17.0. The summed E-state index contributed by atoms with van der Waals surface area (Å²) in [6, 6.07) is 14.8. The lowest BCUT2D eigenvalue weighted by molar-refractivity contribution is -0.123. The van der Waals surface area contributed by atoms with Crippen LogP contribution in [-0.4, -0.2) is 45.8 Å². The van der Waals surface area contributed by atoms with Crippen molar-refractivity contribution >= 4 is 57.4 Å². The Balaban J connectivity index is 1.34. The summed E-state index contributed by atoms with van der Waals surface area (Å²) in [7, 11) is 0. The molecule has 2 fully saturated rings. The zero-order valence-electron chi connectivity index (χ0n) is 18.9. The van der Waals surface area contributed by atoms with Gasteiger partial charge in [0.15, 0.2) is 0 Å². The van der Waals surface area contributed by atoms with Crippen LogP contribution < -0.4 is 5.32 Å². The van der Waals surface area contributed by atoms with Gasteiger partial charge in [-0.15, -0.1) is 0 Å². The van der Waals surface area contributed by atoms with Gasteiger partial charge in [-0.2, -0.15) is 0 Å². The highest BCUT2D eigenvalue weighted by Crippen LogP contribution is 2.35. The minimum Gasteiger partial charge on any atom is -0.376 e. The van der Waals surface area contributed by atoms with Crippen molar-refractivity contribution in [3.05, 3.63) is 75.8 Å². The minimum atomic E-state index is -0.332. The molecule has 3 amide bonds. The second kappa shape index (κ2) is 10.3. The van der Waals surface area contributed by atoms with Crippen LogP contribution in [0.15, 0.2) is 59.6 Å². The molecule has 35 heavy (non-hydrogen) atoms. The van der Waals surface area contributed by atoms with Crippen LogP contribution in [0.25, 0.3) is 17.0 Å². The lowest BCUT2D eigenvalue weighted by Gasteiger charge is -2.12. The molecule has 0 saturated carbocycles. The van der Waals surface area contributed by atoms with E-state index in [1.807, 2.05) is 35.0 Å². The average molecular weight is 510 g/mol. The Kier molecular flexibility index (Phi) is 6.95. The Hall–Kier alpha value is -3.07. The number of amides is 3. The molecule has 0 spiro atoms. The first-order valence-corrected chi connectivity index (χ1v) is 12.6. The number of aromatic nitrogens is 1. The number of fused-ring (bicyclic) bond motifs is 1. The van der Waals surface area contributed by atoms with Gasteiger partial charge in [-0.05, 0) is 54.4 Å². The van der Waals surface area contributed by atoms with Crippen molar-refractivity contribution in [3.8, 4) is 0 Å². The molecule has 0 unspecified atom stereocenters. The molecule has 3 aromatic rings. The number of hydrogen-bond donors (Lipinski definition) is 1. The molecule has 5 rings (SSSR count). The molecular formula is C26H24ClN3O4S. The number of para-hydroxylation sites is 1. The predicted octanol–water partition coefficient (Wildman–Crippen LogP) is 4.83. The van der Waals surface area contributed by atoms with E-state index in [1.54, 1.807) is 30.3 Å². The molecule has 1 N–H and O–H groups in total. The summed E-state index contributed by atoms with van der Waals surface area (Å²) in [5.74, 6) is -0.433. The zero-order chi connectivity index (χ0) is 24.4. The molecule has 7 nitrogen and oxygen atoms in total. The first-order valence-electron chi connectivity index (χ1n) is 11.4. The van der Waals surface area contributed by atoms with Gasteiger partial charge in [0.05, 0.1) is 17.6 Å². The van der Waals surface area contributed by atoms with Crippen molar-refractivity contribution in [1.29, 1.82) is 0 Å². The zero-order valence-corrected chi connectivity index (χ0v) is 20.5. The first kappa shape index (κ1) is 23.7. The Bertz CT molecular complexity index is 1310. The smallest absolute Gasteiger partial charge is 0.293 e. The maximum absolute atomic E-state index is 13.0. The summed E-state index contributed by atoms with van der Waals surface area (Å²) in [5, 5.41) is 4.14. The largest absolute Gasteiger partial charge is 0.376 e. The minimum absolute atomic E-state index is 0.0828. The van der Waals surface area contributed by atoms with Crippen LogP contribution in [0, 0.1) is 0 Å². The highest BCUT2D eigenvalue weighted by molar-refractivity contribution is 8.18. The second-order valence-corrected chi connectivity index (χ2v) is 9.99. The molecule has 2 aliphatic heterocycles. The maximum Gasteiger partial charge on any atom is 0.293 e. The average Bonchev–Trinajstić information content (AvgIpc) is 3.56. The monoisotopic (exact) mass is 509 g/mol. The summed E-state index contributed by atoms with van der Waals surface area (Å²) in [6.07, 6.45) is 5.65. The third-order valence-corrected chi connectivity index (χ3v) is 7.26. The summed E-state index contributed by atoms with van der Waals surface area (Å²) in [4.78, 5) is 39.8. The van der Waals surface area contributed by atoms with Gasteiger partial charge in [0, 0.05) is 40.8 Å². The molecule has 0 aliphatic carbocycles. The molecule has 3 heterocycles. The van der Waals surface area contributed by atoms with Crippen LogP contribution in [0.2, 0.25) is 5.02 Å². The Morgan fingerprint density at radius 3 is 2.74 bits per heavy atom. The normalized spacial score (nSPS) is 19.3. The third kappa shape index (κ3) is 5.29. The van der Waals surface area contributed by atoms with Crippen molar-refractivity contribution in [2.75, 3.05) is 13.2 Å². The molecule has 9 heteroatoms. The van der Waals surface area contributed by atoms with Crippen molar-refractivity contribution < 1.29 is 19.1 Å². The van der Waals surface area contributed by atoms with E-state index in [1.165, 1.54) is 4.90 Å². The van der Waals surface area contributed by atoms with Gasteiger partial charge in [-0.3, -0.25) is 19.3 Å². The number of imide groups is 1. The van der Waals surface area contributed by atoms with E-state index in [9.17, 15) is 14.4 Å². The van der Waals surface area contributed by atoms with E-state index in [-0.39, 0.29) is 36.2 Å². The second-order valence-electron chi connectivity index (χ2n) is 8.56. The van der Waals surface area contributed by atoms with E-state index in [2.05, 4.69) is 5.32 Å². The molecule has 2 aromatic carbocycles. The van der Waals surface area contributed by atoms with Gasteiger partial charge in [0.25, 0.3) is 11.1 Å². The standard InChI is InChI=1S/C26H24ClN3O4S/c27-19-9-7-17(8-10-19)14-30-25(32)23(35-26(30)33)12-18-15-29(22-6-2-1-5-21(18)22)16-24(31)28-13-20-4-3-11-34-20/h1-2,5-10,12,15,20H,3-4,11,13-14,16H2,(H,28,31)/b23-12-/t20-/m0/s1. The molecular weight excluding hydrogens is 486 g/mol. The van der Waals surface area contributed by atoms with Gasteiger partial charge < -0.3 is 14.6 Å². The van der Waals surface area contributed by atoms with Crippen molar-refractivity contribution in [1.82, 2.24) is 14.8 Å².